The zero-order valence-corrected chi connectivity index (χ0v) is 29.3. The van der Waals surface area contributed by atoms with Gasteiger partial charge < -0.3 is 10.6 Å². The Morgan fingerprint density at radius 3 is 2.09 bits per heavy atom. The first-order valence-corrected chi connectivity index (χ1v) is 19.0. The summed E-state index contributed by atoms with van der Waals surface area (Å²) in [5.74, 6) is 6.00. The van der Waals surface area contributed by atoms with E-state index in [1.54, 1.807) is 0 Å². The van der Waals surface area contributed by atoms with E-state index in [0.717, 1.165) is 67.4 Å². The highest BCUT2D eigenvalue weighted by molar-refractivity contribution is 5.14. The minimum atomic E-state index is 0.491. The molecule has 4 aliphatic rings. The van der Waals surface area contributed by atoms with Gasteiger partial charge in [-0.2, -0.15) is 0 Å². The maximum atomic E-state index is 4.66. The smallest absolute Gasteiger partial charge is 0.0416 e. The summed E-state index contributed by atoms with van der Waals surface area (Å²) < 4.78 is 0. The fraction of sp³-hybridized carbons (Fsp3) is 0.756. The van der Waals surface area contributed by atoms with Crippen molar-refractivity contribution in [3.63, 3.8) is 0 Å². The van der Waals surface area contributed by atoms with Gasteiger partial charge in [0.25, 0.3) is 0 Å². The third-order valence-corrected chi connectivity index (χ3v) is 14.0. The Labute approximate surface area is 275 Å². The molecule has 0 unspecified atom stereocenters. The lowest BCUT2D eigenvalue weighted by molar-refractivity contribution is -0.131. The van der Waals surface area contributed by atoms with E-state index in [0.29, 0.717) is 22.9 Å². The largest absolute Gasteiger partial charge is 0.314 e. The molecule has 0 bridgehead atoms. The van der Waals surface area contributed by atoms with Gasteiger partial charge in [-0.1, -0.05) is 66.0 Å². The first kappa shape index (κ1) is 33.1. The summed E-state index contributed by atoms with van der Waals surface area (Å²) in [6.45, 7) is 15.0. The molecule has 2 aromatic rings. The van der Waals surface area contributed by atoms with Crippen LogP contribution >= 0.6 is 0 Å². The van der Waals surface area contributed by atoms with Crippen LogP contribution in [0.2, 0.25) is 0 Å². The Kier molecular flexibility index (Phi) is 10.7. The fourth-order valence-electron chi connectivity index (χ4n) is 11.6. The molecule has 4 nitrogen and oxygen atoms in total. The van der Waals surface area contributed by atoms with Crippen LogP contribution in [0, 0.1) is 52.3 Å². The number of rotatable bonds is 13. The Morgan fingerprint density at radius 1 is 0.756 bits per heavy atom. The summed E-state index contributed by atoms with van der Waals surface area (Å²) in [6, 6.07) is 14.0. The van der Waals surface area contributed by atoms with Crippen LogP contribution in [-0.4, -0.2) is 35.1 Å². The lowest BCUT2D eigenvalue weighted by Crippen LogP contribution is -2.62. The number of fused-ring (bicyclic) bond motifs is 5. The Bertz CT molecular complexity index is 1180. The van der Waals surface area contributed by atoms with Gasteiger partial charge in [-0.25, -0.2) is 0 Å². The zero-order valence-electron chi connectivity index (χ0n) is 29.3. The van der Waals surface area contributed by atoms with Gasteiger partial charge in [-0.05, 0) is 128 Å². The normalized spacial score (nSPS) is 36.7. The molecule has 4 aliphatic carbocycles. The zero-order chi connectivity index (χ0) is 31.4. The summed E-state index contributed by atoms with van der Waals surface area (Å²) in [7, 11) is 0. The molecule has 0 radical (unpaired) electrons. The third kappa shape index (κ3) is 7.23. The van der Waals surface area contributed by atoms with Crippen LogP contribution in [0.5, 0.6) is 0 Å². The summed E-state index contributed by atoms with van der Waals surface area (Å²) in [5.41, 5.74) is 3.44. The van der Waals surface area contributed by atoms with Crippen molar-refractivity contribution in [1.82, 2.24) is 20.6 Å². The monoisotopic (exact) mass is 613 g/mol. The molecule has 248 valence electrons. The summed E-state index contributed by atoms with van der Waals surface area (Å²) >= 11 is 0. The average molecular weight is 613 g/mol. The quantitative estimate of drug-likeness (QED) is 0.237. The Balaban J connectivity index is 1.16. The van der Waals surface area contributed by atoms with Crippen molar-refractivity contribution in [2.75, 3.05) is 13.1 Å². The molecule has 0 spiro atoms. The highest BCUT2D eigenvalue weighted by atomic mass is 15.0. The molecule has 0 aromatic carbocycles. The van der Waals surface area contributed by atoms with Gasteiger partial charge in [0.05, 0.1) is 0 Å². The molecule has 2 N–H and O–H groups in total. The molecule has 4 fully saturated rings. The van der Waals surface area contributed by atoms with Crippen molar-refractivity contribution in [1.29, 1.82) is 0 Å². The van der Waals surface area contributed by atoms with Crippen molar-refractivity contribution in [2.45, 2.75) is 130 Å². The van der Waals surface area contributed by atoms with E-state index in [1.165, 1.54) is 82.0 Å². The third-order valence-electron chi connectivity index (χ3n) is 14.0. The number of hydrogen-bond donors (Lipinski definition) is 2. The average Bonchev–Trinajstić information content (AvgIpc) is 3.39. The van der Waals surface area contributed by atoms with Crippen LogP contribution in [0.1, 0.15) is 117 Å². The number of nitrogens with zero attached hydrogens (tertiary/aromatic N) is 2. The van der Waals surface area contributed by atoms with Crippen molar-refractivity contribution in [3.05, 3.63) is 60.2 Å². The van der Waals surface area contributed by atoms with Gasteiger partial charge in [0.1, 0.15) is 0 Å². The first-order chi connectivity index (χ1) is 21.8. The first-order valence-electron chi connectivity index (χ1n) is 19.0. The lowest BCUT2D eigenvalue weighted by Gasteiger charge is -2.63. The molecule has 4 heteroatoms. The maximum absolute atomic E-state index is 4.66. The second-order valence-corrected chi connectivity index (χ2v) is 16.9. The second kappa shape index (κ2) is 14.5. The molecule has 10 atom stereocenters. The molecule has 4 saturated carbocycles. The van der Waals surface area contributed by atoms with Gasteiger partial charge in [-0.15, -0.1) is 0 Å². The van der Waals surface area contributed by atoms with Crippen LogP contribution in [-0.2, 0) is 12.8 Å². The predicted molar refractivity (Wildman–Crippen MR) is 188 cm³/mol. The van der Waals surface area contributed by atoms with E-state index >= 15 is 0 Å². The van der Waals surface area contributed by atoms with Crippen LogP contribution in [0.4, 0.5) is 0 Å². The summed E-state index contributed by atoms with van der Waals surface area (Å²) in [5, 5.41) is 8.24. The second-order valence-electron chi connectivity index (χ2n) is 16.9. The van der Waals surface area contributed by atoms with Gasteiger partial charge >= 0.3 is 0 Å². The molecule has 6 rings (SSSR count). The van der Waals surface area contributed by atoms with Crippen molar-refractivity contribution >= 4 is 0 Å². The molecule has 2 heterocycles. The standard InChI is InChI=1S/C41H64N4/c1-29(2)11-10-12-30(3)35-15-16-36-39-37(18-22-41(35,36)5)40(4)21-17-34(44-25-19-32-13-6-8-23-42-32)27-31(40)28-38(39)45-26-20-33-14-7-9-24-43-33/h6-9,13-14,23-24,29-31,34-39,44-45H,10-12,15-22,25-28H2,1-5H3/t30-,31-,34-,35-,36+,37+,38-,39+,40+,41-/m1/s1. The van der Waals surface area contributed by atoms with E-state index in [-0.39, 0.29) is 0 Å². The number of pyridine rings is 2. The highest BCUT2D eigenvalue weighted by Gasteiger charge is 2.62. The molecule has 2 aromatic heterocycles. The van der Waals surface area contributed by atoms with Crippen molar-refractivity contribution in [3.8, 4) is 0 Å². The van der Waals surface area contributed by atoms with E-state index in [4.69, 9.17) is 0 Å². The Hall–Kier alpha value is -1.78. The summed E-state index contributed by atoms with van der Waals surface area (Å²) in [4.78, 5) is 9.22. The van der Waals surface area contributed by atoms with E-state index in [2.05, 4.69) is 79.5 Å². The molecule has 45 heavy (non-hydrogen) atoms. The van der Waals surface area contributed by atoms with Gasteiger partial charge in [-0.3, -0.25) is 9.97 Å². The minimum absolute atomic E-state index is 0.491. The lowest BCUT2D eigenvalue weighted by atomic mass is 9.43. The van der Waals surface area contributed by atoms with E-state index in [9.17, 15) is 0 Å². The van der Waals surface area contributed by atoms with E-state index in [1.807, 2.05) is 24.5 Å². The topological polar surface area (TPSA) is 49.8 Å². The minimum Gasteiger partial charge on any atom is -0.314 e. The number of nitrogens with one attached hydrogen (secondary N) is 2. The molecule has 0 saturated heterocycles. The van der Waals surface area contributed by atoms with Gasteiger partial charge in [0.2, 0.25) is 0 Å². The molecular weight excluding hydrogens is 548 g/mol. The Morgan fingerprint density at radius 2 is 1.42 bits per heavy atom. The number of hydrogen-bond acceptors (Lipinski definition) is 4. The van der Waals surface area contributed by atoms with Crippen LogP contribution < -0.4 is 10.6 Å². The molecule has 0 aliphatic heterocycles. The molecular formula is C41H64N4. The van der Waals surface area contributed by atoms with Crippen molar-refractivity contribution < 1.29 is 0 Å². The predicted octanol–water partition coefficient (Wildman–Crippen LogP) is 8.91. The van der Waals surface area contributed by atoms with Crippen LogP contribution in [0.15, 0.2) is 48.8 Å². The fourth-order valence-corrected chi connectivity index (χ4v) is 11.6. The maximum Gasteiger partial charge on any atom is 0.0416 e. The SMILES string of the molecule is CC(C)CCC[C@@H](C)[C@H]1CC[C@H]2[C@@H]3[C@H](NCCc4ccccn4)C[C@H]4C[C@H](NCCc5ccccn5)CC[C@]4(C)[C@H]3CC[C@]12C. The van der Waals surface area contributed by atoms with Crippen LogP contribution in [0.25, 0.3) is 0 Å². The van der Waals surface area contributed by atoms with Crippen molar-refractivity contribution in [2.24, 2.45) is 52.3 Å². The van der Waals surface area contributed by atoms with Gasteiger partial charge in [0.15, 0.2) is 0 Å². The summed E-state index contributed by atoms with van der Waals surface area (Å²) in [6.07, 6.45) is 21.5. The molecule has 0 amide bonds. The van der Waals surface area contributed by atoms with Crippen LogP contribution in [0.3, 0.4) is 0 Å². The number of aromatic nitrogens is 2. The highest BCUT2D eigenvalue weighted by Crippen LogP contribution is 2.68. The van der Waals surface area contributed by atoms with E-state index < -0.39 is 0 Å². The van der Waals surface area contributed by atoms with Gasteiger partial charge in [0, 0.05) is 61.8 Å².